The molecule has 1 heterocycles. The highest BCUT2D eigenvalue weighted by Crippen LogP contribution is 2.32. The summed E-state index contributed by atoms with van der Waals surface area (Å²) in [4.78, 5) is 2.37. The van der Waals surface area contributed by atoms with Gasteiger partial charge in [-0.25, -0.2) is 0 Å². The van der Waals surface area contributed by atoms with Crippen molar-refractivity contribution in [1.29, 1.82) is 0 Å². The van der Waals surface area contributed by atoms with Crippen LogP contribution in [0.2, 0.25) is 0 Å². The minimum Gasteiger partial charge on any atom is -0.494 e. The van der Waals surface area contributed by atoms with Gasteiger partial charge in [0.1, 0.15) is 5.75 Å². The number of rotatable bonds is 7. The topological polar surface area (TPSA) is 41.9 Å². The van der Waals surface area contributed by atoms with E-state index >= 15 is 0 Å². The maximum absolute atomic E-state index is 11.1. The summed E-state index contributed by atoms with van der Waals surface area (Å²) in [6, 6.07) is 18.1. The molecule has 0 unspecified atom stereocenters. The van der Waals surface area contributed by atoms with Gasteiger partial charge in [-0.2, -0.15) is 0 Å². The third-order valence-corrected chi connectivity index (χ3v) is 4.70. The maximum Gasteiger partial charge on any atom is 0.119 e. The average molecular weight is 341 g/mol. The lowest BCUT2D eigenvalue weighted by molar-refractivity contribution is 0.0240. The number of aliphatic hydroxyl groups is 1. The smallest absolute Gasteiger partial charge is 0.119 e. The van der Waals surface area contributed by atoms with E-state index in [1.807, 2.05) is 49.4 Å². The number of benzene rings is 2. The average Bonchev–Trinajstić information content (AvgIpc) is 2.68. The van der Waals surface area contributed by atoms with Gasteiger partial charge >= 0.3 is 0 Å². The molecule has 0 spiro atoms. The van der Waals surface area contributed by atoms with Crippen molar-refractivity contribution in [2.24, 2.45) is 0 Å². The summed E-state index contributed by atoms with van der Waals surface area (Å²) in [5.74, 6) is 0.861. The molecule has 0 saturated carbocycles. The molecule has 1 aliphatic heterocycles. The lowest BCUT2D eigenvalue weighted by Gasteiger charge is -2.33. The Hall–Kier alpha value is -1.88. The maximum atomic E-state index is 11.1. The molecule has 25 heavy (non-hydrogen) atoms. The predicted octanol–water partition coefficient (Wildman–Crippen LogP) is 3.23. The van der Waals surface area contributed by atoms with Gasteiger partial charge in [-0.15, -0.1) is 0 Å². The number of nitrogens with zero attached hydrogens (tertiary/aromatic N) is 1. The molecular weight excluding hydrogens is 314 g/mol. The van der Waals surface area contributed by atoms with Crippen LogP contribution in [0.4, 0.5) is 0 Å². The summed E-state index contributed by atoms with van der Waals surface area (Å²) in [6.07, 6.45) is -0.555. The molecular formula is C21H27NO3. The number of aliphatic hydroxyl groups excluding tert-OH is 1. The van der Waals surface area contributed by atoms with Crippen LogP contribution in [0.25, 0.3) is 0 Å². The molecule has 0 amide bonds. The van der Waals surface area contributed by atoms with E-state index in [1.54, 1.807) is 0 Å². The first-order valence-electron chi connectivity index (χ1n) is 9.04. The van der Waals surface area contributed by atoms with Gasteiger partial charge < -0.3 is 14.6 Å². The summed E-state index contributed by atoms with van der Waals surface area (Å²) in [5.41, 5.74) is 2.08. The molecule has 0 aliphatic carbocycles. The molecule has 1 aliphatic rings. The highest BCUT2D eigenvalue weighted by Gasteiger charge is 2.26. The lowest BCUT2D eigenvalue weighted by atomic mass is 9.88. The molecule has 0 bridgehead atoms. The van der Waals surface area contributed by atoms with Crippen molar-refractivity contribution in [3.63, 3.8) is 0 Å². The van der Waals surface area contributed by atoms with E-state index in [0.29, 0.717) is 6.61 Å². The van der Waals surface area contributed by atoms with Gasteiger partial charge in [0, 0.05) is 25.6 Å². The summed E-state index contributed by atoms with van der Waals surface area (Å²) >= 11 is 0. The Morgan fingerprint density at radius 2 is 1.68 bits per heavy atom. The Morgan fingerprint density at radius 1 is 1.00 bits per heavy atom. The van der Waals surface area contributed by atoms with Crippen LogP contribution in [-0.4, -0.2) is 49.5 Å². The van der Waals surface area contributed by atoms with Crippen molar-refractivity contribution in [2.45, 2.75) is 18.9 Å². The highest BCUT2D eigenvalue weighted by molar-refractivity contribution is 5.32. The normalized spacial score (nSPS) is 17.8. The first kappa shape index (κ1) is 17.9. The van der Waals surface area contributed by atoms with E-state index in [1.165, 1.54) is 0 Å². The molecule has 0 radical (unpaired) electrons. The van der Waals surface area contributed by atoms with Gasteiger partial charge in [0.25, 0.3) is 0 Å². The molecule has 1 saturated heterocycles. The van der Waals surface area contributed by atoms with E-state index in [9.17, 15) is 5.11 Å². The highest BCUT2D eigenvalue weighted by atomic mass is 16.5. The van der Waals surface area contributed by atoms with Crippen LogP contribution in [0.5, 0.6) is 5.75 Å². The molecule has 1 fully saturated rings. The second-order valence-electron chi connectivity index (χ2n) is 6.38. The largest absolute Gasteiger partial charge is 0.494 e. The lowest BCUT2D eigenvalue weighted by Crippen LogP contribution is -2.39. The summed E-state index contributed by atoms with van der Waals surface area (Å²) in [5, 5.41) is 11.1. The van der Waals surface area contributed by atoms with Crippen molar-refractivity contribution >= 4 is 0 Å². The zero-order chi connectivity index (χ0) is 17.5. The molecule has 2 aromatic carbocycles. The van der Waals surface area contributed by atoms with Crippen LogP contribution >= 0.6 is 0 Å². The molecule has 1 N–H and O–H groups in total. The van der Waals surface area contributed by atoms with Crippen LogP contribution in [0.3, 0.4) is 0 Å². The first-order valence-corrected chi connectivity index (χ1v) is 9.04. The Bertz CT molecular complexity index is 623. The summed E-state index contributed by atoms with van der Waals surface area (Å²) in [6.45, 7) is 6.80. The number of hydrogen-bond acceptors (Lipinski definition) is 4. The van der Waals surface area contributed by atoms with Gasteiger partial charge in [0.15, 0.2) is 0 Å². The second kappa shape index (κ2) is 8.99. The molecule has 4 heteroatoms. The van der Waals surface area contributed by atoms with E-state index in [-0.39, 0.29) is 5.92 Å². The summed E-state index contributed by atoms with van der Waals surface area (Å²) in [7, 11) is 0. The van der Waals surface area contributed by atoms with Gasteiger partial charge in [-0.3, -0.25) is 4.90 Å². The number of morpholine rings is 1. The molecule has 134 valence electrons. The van der Waals surface area contributed by atoms with Gasteiger partial charge in [0.05, 0.1) is 25.9 Å². The van der Waals surface area contributed by atoms with Crippen molar-refractivity contribution in [2.75, 3.05) is 39.5 Å². The van der Waals surface area contributed by atoms with Crippen LogP contribution in [0.15, 0.2) is 54.6 Å². The molecule has 2 atom stereocenters. The van der Waals surface area contributed by atoms with Crippen molar-refractivity contribution in [3.8, 4) is 5.75 Å². The van der Waals surface area contributed by atoms with Gasteiger partial charge in [0.2, 0.25) is 0 Å². The first-order chi connectivity index (χ1) is 12.3. The zero-order valence-corrected chi connectivity index (χ0v) is 14.8. The standard InChI is InChI=1S/C21H27NO3/c1-2-25-19-10-8-18(9-11-19)21(23)20(17-6-4-3-5-7-17)16-22-12-14-24-15-13-22/h3-11,20-21,23H,2,12-16H2,1H3/t20-,21-/m1/s1. The van der Waals surface area contributed by atoms with Crippen molar-refractivity contribution in [3.05, 3.63) is 65.7 Å². The number of ether oxygens (including phenoxy) is 2. The summed E-state index contributed by atoms with van der Waals surface area (Å²) < 4.78 is 11.0. The van der Waals surface area contributed by atoms with Crippen LogP contribution < -0.4 is 4.74 Å². The second-order valence-corrected chi connectivity index (χ2v) is 6.38. The SMILES string of the molecule is CCOc1ccc([C@@H](O)[C@H](CN2CCOCC2)c2ccccc2)cc1. The molecule has 3 rings (SSSR count). The Labute approximate surface area is 150 Å². The van der Waals surface area contributed by atoms with E-state index in [0.717, 1.165) is 49.7 Å². The van der Waals surface area contributed by atoms with Crippen LogP contribution in [0.1, 0.15) is 30.1 Å². The Balaban J connectivity index is 1.79. The Kier molecular flexibility index (Phi) is 6.45. The monoisotopic (exact) mass is 341 g/mol. The van der Waals surface area contributed by atoms with E-state index in [2.05, 4.69) is 17.0 Å². The quantitative estimate of drug-likeness (QED) is 0.839. The molecule has 0 aromatic heterocycles. The minimum absolute atomic E-state index is 0.0252. The fourth-order valence-electron chi connectivity index (χ4n) is 3.31. The van der Waals surface area contributed by atoms with Crippen molar-refractivity contribution < 1.29 is 14.6 Å². The van der Waals surface area contributed by atoms with E-state index < -0.39 is 6.10 Å². The fraction of sp³-hybridized carbons (Fsp3) is 0.429. The molecule has 2 aromatic rings. The van der Waals surface area contributed by atoms with Crippen molar-refractivity contribution in [1.82, 2.24) is 4.90 Å². The Morgan fingerprint density at radius 3 is 2.32 bits per heavy atom. The van der Waals surface area contributed by atoms with Gasteiger partial charge in [-0.1, -0.05) is 42.5 Å². The minimum atomic E-state index is -0.555. The third kappa shape index (κ3) is 4.82. The van der Waals surface area contributed by atoms with Gasteiger partial charge in [-0.05, 0) is 30.2 Å². The predicted molar refractivity (Wildman–Crippen MR) is 99.0 cm³/mol. The van der Waals surface area contributed by atoms with Crippen LogP contribution in [0, 0.1) is 0 Å². The van der Waals surface area contributed by atoms with Crippen LogP contribution in [-0.2, 0) is 4.74 Å². The van der Waals surface area contributed by atoms with E-state index in [4.69, 9.17) is 9.47 Å². The zero-order valence-electron chi connectivity index (χ0n) is 14.8. The molecule has 4 nitrogen and oxygen atoms in total. The fourth-order valence-corrected chi connectivity index (χ4v) is 3.31. The number of hydrogen-bond donors (Lipinski definition) is 1. The third-order valence-electron chi connectivity index (χ3n) is 4.70.